The van der Waals surface area contributed by atoms with Crippen LogP contribution in [0, 0.1) is 17.5 Å². The molecule has 6 heteroatoms. The molecule has 2 nitrogen and oxygen atoms in total. The van der Waals surface area contributed by atoms with Gasteiger partial charge in [0.25, 0.3) is 0 Å². The minimum Gasteiger partial charge on any atom is -0.496 e. The maximum atomic E-state index is 13.6. The number of rotatable bonds is 3. The van der Waals surface area contributed by atoms with E-state index in [4.69, 9.17) is 4.74 Å². The number of hydrogen-bond donors (Lipinski definition) is 0. The molecule has 0 fully saturated rings. The molecule has 0 unspecified atom stereocenters. The highest BCUT2D eigenvalue weighted by Gasteiger charge is 2.21. The molecule has 0 aliphatic heterocycles. The van der Waals surface area contributed by atoms with Gasteiger partial charge in [-0.05, 0) is 34.1 Å². The van der Waals surface area contributed by atoms with Crippen molar-refractivity contribution >= 4 is 21.7 Å². The van der Waals surface area contributed by atoms with Gasteiger partial charge in [-0.25, -0.2) is 13.2 Å². The Kier molecular flexibility index (Phi) is 4.13. The van der Waals surface area contributed by atoms with Crippen LogP contribution in [0.5, 0.6) is 5.75 Å². The predicted molar refractivity (Wildman–Crippen MR) is 70.4 cm³/mol. The minimum absolute atomic E-state index is 0.0575. The Labute approximate surface area is 121 Å². The van der Waals surface area contributed by atoms with Gasteiger partial charge in [-0.15, -0.1) is 0 Å². The summed E-state index contributed by atoms with van der Waals surface area (Å²) >= 11 is 3.17. The second-order valence-electron chi connectivity index (χ2n) is 3.92. The van der Waals surface area contributed by atoms with Gasteiger partial charge in [0.2, 0.25) is 0 Å². The van der Waals surface area contributed by atoms with Gasteiger partial charge in [0.15, 0.2) is 5.78 Å². The first-order chi connectivity index (χ1) is 9.43. The summed E-state index contributed by atoms with van der Waals surface area (Å²) in [5.74, 6) is -3.95. The fourth-order valence-corrected chi connectivity index (χ4v) is 2.25. The van der Waals surface area contributed by atoms with E-state index in [0.717, 1.165) is 0 Å². The normalized spacial score (nSPS) is 10.4. The first kappa shape index (κ1) is 14.6. The quantitative estimate of drug-likeness (QED) is 0.783. The highest BCUT2D eigenvalue weighted by atomic mass is 79.9. The molecule has 0 saturated carbocycles. The van der Waals surface area contributed by atoms with Crippen LogP contribution in [-0.2, 0) is 0 Å². The van der Waals surface area contributed by atoms with Crippen molar-refractivity contribution in [2.24, 2.45) is 0 Å². The third-order valence-electron chi connectivity index (χ3n) is 2.65. The number of carbonyl (C=O) groups excluding carboxylic acids is 1. The second kappa shape index (κ2) is 5.66. The van der Waals surface area contributed by atoms with E-state index >= 15 is 0 Å². The van der Waals surface area contributed by atoms with Crippen molar-refractivity contribution in [1.82, 2.24) is 0 Å². The van der Waals surface area contributed by atoms with Crippen LogP contribution in [0.3, 0.4) is 0 Å². The molecule has 2 rings (SSSR count). The fraction of sp³-hybridized carbons (Fsp3) is 0.0714. The molecule has 0 spiro atoms. The lowest BCUT2D eigenvalue weighted by Gasteiger charge is -2.07. The van der Waals surface area contributed by atoms with Crippen molar-refractivity contribution < 1.29 is 22.7 Å². The van der Waals surface area contributed by atoms with Gasteiger partial charge in [0, 0.05) is 17.7 Å². The van der Waals surface area contributed by atoms with E-state index in [1.165, 1.54) is 25.3 Å². The SMILES string of the molecule is COc1ccc(C(=O)c2c(F)cc(F)cc2F)cc1Br. The smallest absolute Gasteiger partial charge is 0.198 e. The van der Waals surface area contributed by atoms with Crippen LogP contribution >= 0.6 is 15.9 Å². The van der Waals surface area contributed by atoms with Crippen molar-refractivity contribution in [3.63, 3.8) is 0 Å². The highest BCUT2D eigenvalue weighted by Crippen LogP contribution is 2.27. The molecule has 0 bridgehead atoms. The summed E-state index contributed by atoms with van der Waals surface area (Å²) < 4.78 is 45.4. The van der Waals surface area contributed by atoms with Crippen LogP contribution in [0.15, 0.2) is 34.8 Å². The summed E-state index contributed by atoms with van der Waals surface area (Å²) in [5, 5.41) is 0. The van der Waals surface area contributed by atoms with Gasteiger partial charge >= 0.3 is 0 Å². The standard InChI is InChI=1S/C14H8BrF3O2/c1-20-12-3-2-7(4-9(12)15)14(19)13-10(17)5-8(16)6-11(13)18/h2-6H,1H3. The first-order valence-corrected chi connectivity index (χ1v) is 6.26. The molecule has 2 aromatic rings. The topological polar surface area (TPSA) is 26.3 Å². The van der Waals surface area contributed by atoms with E-state index < -0.39 is 28.8 Å². The lowest BCUT2D eigenvalue weighted by Crippen LogP contribution is -2.08. The number of carbonyl (C=O) groups is 1. The summed E-state index contributed by atoms with van der Waals surface area (Å²) in [5.41, 5.74) is -0.731. The monoisotopic (exact) mass is 344 g/mol. The lowest BCUT2D eigenvalue weighted by molar-refractivity contribution is 0.103. The Hall–Kier alpha value is -1.82. The number of benzene rings is 2. The first-order valence-electron chi connectivity index (χ1n) is 5.47. The summed E-state index contributed by atoms with van der Waals surface area (Å²) in [6, 6.07) is 5.16. The van der Waals surface area contributed by atoms with Gasteiger partial charge in [-0.2, -0.15) is 0 Å². The average Bonchev–Trinajstić information content (AvgIpc) is 2.37. The fourth-order valence-electron chi connectivity index (χ4n) is 1.71. The molecule has 0 amide bonds. The van der Waals surface area contributed by atoms with Crippen molar-refractivity contribution in [1.29, 1.82) is 0 Å². The number of ketones is 1. The van der Waals surface area contributed by atoms with E-state index in [1.807, 2.05) is 0 Å². The van der Waals surface area contributed by atoms with Crippen molar-refractivity contribution in [3.8, 4) is 5.75 Å². The van der Waals surface area contributed by atoms with E-state index in [2.05, 4.69) is 15.9 Å². The molecule has 0 aromatic heterocycles. The van der Waals surface area contributed by atoms with Crippen LogP contribution in [0.4, 0.5) is 13.2 Å². The molecule has 0 N–H and O–H groups in total. The average molecular weight is 345 g/mol. The molecular weight excluding hydrogens is 337 g/mol. The van der Waals surface area contributed by atoms with Crippen LogP contribution < -0.4 is 4.74 Å². The Morgan fingerprint density at radius 1 is 1.10 bits per heavy atom. The molecular formula is C14H8BrF3O2. The zero-order valence-corrected chi connectivity index (χ0v) is 11.8. The van der Waals surface area contributed by atoms with Gasteiger partial charge in [0.05, 0.1) is 17.1 Å². The summed E-state index contributed by atoms with van der Waals surface area (Å²) in [6.07, 6.45) is 0. The third kappa shape index (κ3) is 2.70. The van der Waals surface area contributed by atoms with Gasteiger partial charge < -0.3 is 4.74 Å². The summed E-state index contributed by atoms with van der Waals surface area (Å²) in [7, 11) is 1.45. The molecule has 0 heterocycles. The number of ether oxygens (including phenoxy) is 1. The summed E-state index contributed by atoms with van der Waals surface area (Å²) in [4.78, 5) is 12.1. The highest BCUT2D eigenvalue weighted by molar-refractivity contribution is 9.10. The predicted octanol–water partition coefficient (Wildman–Crippen LogP) is 4.11. The third-order valence-corrected chi connectivity index (χ3v) is 3.27. The Balaban J connectivity index is 2.49. The van der Waals surface area contributed by atoms with Crippen LogP contribution in [0.1, 0.15) is 15.9 Å². The Bertz CT molecular complexity index is 663. The van der Waals surface area contributed by atoms with Crippen molar-refractivity contribution in [2.45, 2.75) is 0 Å². The number of methoxy groups -OCH3 is 1. The lowest BCUT2D eigenvalue weighted by atomic mass is 10.0. The van der Waals surface area contributed by atoms with Gasteiger partial charge in [-0.3, -0.25) is 4.79 Å². The molecule has 104 valence electrons. The van der Waals surface area contributed by atoms with E-state index in [9.17, 15) is 18.0 Å². The van der Waals surface area contributed by atoms with Crippen molar-refractivity contribution in [3.05, 3.63) is 63.4 Å². The Morgan fingerprint density at radius 2 is 1.70 bits per heavy atom. The second-order valence-corrected chi connectivity index (χ2v) is 4.78. The van der Waals surface area contributed by atoms with E-state index in [-0.39, 0.29) is 5.56 Å². The molecule has 0 aliphatic rings. The molecule has 0 saturated heterocycles. The zero-order valence-electron chi connectivity index (χ0n) is 10.2. The molecule has 0 aliphatic carbocycles. The van der Waals surface area contributed by atoms with Crippen molar-refractivity contribution in [2.75, 3.05) is 7.11 Å². The maximum Gasteiger partial charge on any atom is 0.198 e. The zero-order chi connectivity index (χ0) is 14.9. The Morgan fingerprint density at radius 3 is 2.20 bits per heavy atom. The minimum atomic E-state index is -1.24. The van der Waals surface area contributed by atoms with E-state index in [0.29, 0.717) is 22.4 Å². The van der Waals surface area contributed by atoms with E-state index in [1.54, 1.807) is 0 Å². The molecule has 0 radical (unpaired) electrons. The molecule has 20 heavy (non-hydrogen) atoms. The maximum absolute atomic E-state index is 13.6. The largest absolute Gasteiger partial charge is 0.496 e. The molecule has 0 atom stereocenters. The van der Waals surface area contributed by atoms with Crippen LogP contribution in [0.2, 0.25) is 0 Å². The number of hydrogen-bond acceptors (Lipinski definition) is 2. The van der Waals surface area contributed by atoms with Gasteiger partial charge in [-0.1, -0.05) is 0 Å². The molecule has 2 aromatic carbocycles. The van der Waals surface area contributed by atoms with Crippen LogP contribution in [0.25, 0.3) is 0 Å². The van der Waals surface area contributed by atoms with Gasteiger partial charge in [0.1, 0.15) is 23.2 Å². The van der Waals surface area contributed by atoms with Crippen LogP contribution in [-0.4, -0.2) is 12.9 Å². The number of halogens is 4. The summed E-state index contributed by atoms with van der Waals surface area (Å²) in [6.45, 7) is 0.